The van der Waals surface area contributed by atoms with Crippen molar-refractivity contribution >= 4 is 19.8 Å². The van der Waals surface area contributed by atoms with Crippen molar-refractivity contribution in [3.8, 4) is 0 Å². The summed E-state index contributed by atoms with van der Waals surface area (Å²) in [6, 6.07) is 0. The van der Waals surface area contributed by atoms with Crippen molar-refractivity contribution in [1.82, 2.24) is 4.90 Å². The van der Waals surface area contributed by atoms with Gasteiger partial charge in [0.15, 0.2) is 6.10 Å². The molecule has 0 rings (SSSR count). The fraction of sp³-hybridized carbons (Fsp3) is 0.814. The van der Waals surface area contributed by atoms with E-state index in [-0.39, 0.29) is 26.1 Å². The molecule has 0 spiro atoms. The quantitative estimate of drug-likeness (QED) is 0.0282. The lowest BCUT2D eigenvalue weighted by Crippen LogP contribution is -2.29. The summed E-state index contributed by atoms with van der Waals surface area (Å²) in [7, 11) is -0.725. The van der Waals surface area contributed by atoms with Gasteiger partial charge in [-0.3, -0.25) is 18.6 Å². The molecule has 0 aliphatic rings. The molecule has 10 heteroatoms. The van der Waals surface area contributed by atoms with Crippen LogP contribution in [-0.2, 0) is 32.7 Å². The molecule has 0 aromatic rings. The minimum atomic E-state index is -4.37. The molecule has 53 heavy (non-hydrogen) atoms. The highest BCUT2D eigenvalue weighted by Gasteiger charge is 2.26. The van der Waals surface area contributed by atoms with Crippen molar-refractivity contribution in [3.05, 3.63) is 36.5 Å². The van der Waals surface area contributed by atoms with Crippen LogP contribution >= 0.6 is 7.82 Å². The van der Waals surface area contributed by atoms with Gasteiger partial charge in [-0.25, -0.2) is 4.57 Å². The van der Waals surface area contributed by atoms with Crippen molar-refractivity contribution in [2.24, 2.45) is 0 Å². The number of phosphoric ester groups is 1. The number of likely N-dealkylation sites (N-methyl/N-ethyl adjacent to an activating group) is 1. The number of nitrogens with zero attached hydrogens (tertiary/aromatic N) is 1. The van der Waals surface area contributed by atoms with E-state index in [1.54, 1.807) is 0 Å². The number of carbonyl (C=O) groups is 2. The molecule has 0 aliphatic heterocycles. The molecule has 0 amide bonds. The van der Waals surface area contributed by atoms with Gasteiger partial charge in [0, 0.05) is 19.4 Å². The van der Waals surface area contributed by atoms with E-state index < -0.39 is 32.5 Å². The third-order valence-electron chi connectivity index (χ3n) is 8.95. The lowest BCUT2D eigenvalue weighted by atomic mass is 10.0. The lowest BCUT2D eigenvalue weighted by molar-refractivity contribution is -0.161. The number of unbranched alkanes of at least 4 members (excludes halogenated alkanes) is 19. The molecule has 0 aromatic heterocycles. The molecule has 2 atom stereocenters. The summed E-state index contributed by atoms with van der Waals surface area (Å²) in [5.41, 5.74) is 0. The first-order chi connectivity index (χ1) is 25.7. The van der Waals surface area contributed by atoms with E-state index in [0.29, 0.717) is 19.4 Å². The monoisotopic (exact) mass is 770 g/mol. The number of phosphoric acid groups is 1. The normalized spacial score (nSPS) is 13.8. The van der Waals surface area contributed by atoms with E-state index in [0.717, 1.165) is 44.9 Å². The summed E-state index contributed by atoms with van der Waals surface area (Å²) in [5.74, 6) is -0.844. The maximum atomic E-state index is 12.6. The molecule has 310 valence electrons. The molecule has 0 heterocycles. The predicted molar refractivity (Wildman–Crippen MR) is 220 cm³/mol. The standard InChI is InChI=1S/C43H80NO8P/c1-5-7-9-11-13-15-17-19-21-23-25-27-29-31-33-35-42(45)49-39-41(40-51-53(47,48)50-38-37-44(3)4)52-43(46)36-34-32-30-28-26-24-22-20-18-16-14-12-10-8-6-2/h13,15,19,21,25,27,41H,5-12,14,16-18,20,22-24,26,28-40H2,1-4H3,(H,47,48)/b15-13-,21-19-,27-25-. The van der Waals surface area contributed by atoms with Gasteiger partial charge >= 0.3 is 19.8 Å². The topological polar surface area (TPSA) is 112 Å². The van der Waals surface area contributed by atoms with Gasteiger partial charge in [0.2, 0.25) is 0 Å². The van der Waals surface area contributed by atoms with E-state index in [1.807, 2.05) is 19.0 Å². The second-order valence-electron chi connectivity index (χ2n) is 14.5. The van der Waals surface area contributed by atoms with Crippen LogP contribution in [0, 0.1) is 0 Å². The van der Waals surface area contributed by atoms with Crippen molar-refractivity contribution in [1.29, 1.82) is 0 Å². The number of ether oxygens (including phenoxy) is 2. The van der Waals surface area contributed by atoms with Crippen LogP contribution in [0.25, 0.3) is 0 Å². The molecule has 0 saturated heterocycles. The SMILES string of the molecule is CCCCC/C=C\C/C=C\C/C=C\CCCCC(=O)OCC(COP(=O)(O)OCCN(C)C)OC(=O)CCCCCCCCCCCCCCCCC. The molecule has 0 fully saturated rings. The lowest BCUT2D eigenvalue weighted by Gasteiger charge is -2.20. The average Bonchev–Trinajstić information content (AvgIpc) is 3.12. The highest BCUT2D eigenvalue weighted by molar-refractivity contribution is 7.47. The van der Waals surface area contributed by atoms with E-state index in [4.69, 9.17) is 18.5 Å². The Kier molecular flexibility index (Phi) is 37.2. The number of hydrogen-bond acceptors (Lipinski definition) is 8. The highest BCUT2D eigenvalue weighted by atomic mass is 31.2. The Morgan fingerprint density at radius 3 is 1.55 bits per heavy atom. The van der Waals surface area contributed by atoms with Crippen LogP contribution in [0.5, 0.6) is 0 Å². The van der Waals surface area contributed by atoms with Gasteiger partial charge in [-0.15, -0.1) is 0 Å². The summed E-state index contributed by atoms with van der Waals surface area (Å²) >= 11 is 0. The summed E-state index contributed by atoms with van der Waals surface area (Å²) in [6.07, 6.45) is 40.4. The third kappa shape index (κ3) is 39.7. The van der Waals surface area contributed by atoms with Gasteiger partial charge in [-0.1, -0.05) is 153 Å². The van der Waals surface area contributed by atoms with Crippen LogP contribution in [-0.4, -0.2) is 68.3 Å². The van der Waals surface area contributed by atoms with E-state index in [1.165, 1.54) is 96.3 Å². The molecule has 0 bridgehead atoms. The number of rotatable bonds is 39. The predicted octanol–water partition coefficient (Wildman–Crippen LogP) is 12.0. The van der Waals surface area contributed by atoms with Gasteiger partial charge in [0.1, 0.15) is 6.61 Å². The fourth-order valence-electron chi connectivity index (χ4n) is 5.63. The van der Waals surface area contributed by atoms with Gasteiger partial charge in [-0.2, -0.15) is 0 Å². The number of esters is 2. The first-order valence-corrected chi connectivity index (χ1v) is 22.8. The zero-order valence-electron chi connectivity index (χ0n) is 34.5. The van der Waals surface area contributed by atoms with E-state index in [2.05, 4.69) is 50.3 Å². The fourth-order valence-corrected chi connectivity index (χ4v) is 6.38. The Hall–Kier alpha value is -1.77. The Labute approximate surface area is 325 Å². The molecule has 2 unspecified atom stereocenters. The summed E-state index contributed by atoms with van der Waals surface area (Å²) in [6.45, 7) is 4.25. The third-order valence-corrected chi connectivity index (χ3v) is 9.93. The minimum absolute atomic E-state index is 0.00214. The van der Waals surface area contributed by atoms with E-state index in [9.17, 15) is 19.0 Å². The van der Waals surface area contributed by atoms with E-state index >= 15 is 0 Å². The zero-order valence-corrected chi connectivity index (χ0v) is 35.3. The van der Waals surface area contributed by atoms with Crippen LogP contribution < -0.4 is 0 Å². The number of hydrogen-bond donors (Lipinski definition) is 1. The molecule has 0 saturated carbocycles. The maximum absolute atomic E-state index is 12.6. The minimum Gasteiger partial charge on any atom is -0.462 e. The molecule has 0 aromatic carbocycles. The summed E-state index contributed by atoms with van der Waals surface area (Å²) in [5, 5.41) is 0. The van der Waals surface area contributed by atoms with Crippen molar-refractivity contribution < 1.29 is 37.6 Å². The van der Waals surface area contributed by atoms with Crippen molar-refractivity contribution in [2.75, 3.05) is 40.5 Å². The Bertz CT molecular complexity index is 983. The second-order valence-corrected chi connectivity index (χ2v) is 16.0. The maximum Gasteiger partial charge on any atom is 0.472 e. The highest BCUT2D eigenvalue weighted by Crippen LogP contribution is 2.43. The van der Waals surface area contributed by atoms with Crippen LogP contribution in [0.4, 0.5) is 0 Å². The molecule has 0 radical (unpaired) electrons. The summed E-state index contributed by atoms with van der Waals surface area (Å²) in [4.78, 5) is 37.0. The molecule has 0 aliphatic carbocycles. The Balaban J connectivity index is 4.36. The van der Waals surface area contributed by atoms with Crippen LogP contribution in [0.15, 0.2) is 36.5 Å². The van der Waals surface area contributed by atoms with Gasteiger partial charge in [-0.05, 0) is 65.5 Å². The van der Waals surface area contributed by atoms with Crippen molar-refractivity contribution in [2.45, 2.75) is 187 Å². The zero-order chi connectivity index (χ0) is 39.1. The Morgan fingerprint density at radius 1 is 0.585 bits per heavy atom. The second kappa shape index (κ2) is 38.5. The average molecular weight is 770 g/mol. The smallest absolute Gasteiger partial charge is 0.462 e. The number of carbonyl (C=O) groups excluding carboxylic acids is 2. The molecule has 9 nitrogen and oxygen atoms in total. The molecular formula is C43H80NO8P. The molecule has 1 N–H and O–H groups in total. The van der Waals surface area contributed by atoms with Crippen molar-refractivity contribution in [3.63, 3.8) is 0 Å². The van der Waals surface area contributed by atoms with Gasteiger partial charge < -0.3 is 19.3 Å². The molecular weight excluding hydrogens is 689 g/mol. The summed E-state index contributed by atoms with van der Waals surface area (Å²) < 4.78 is 33.4. The first-order valence-electron chi connectivity index (χ1n) is 21.3. The van der Waals surface area contributed by atoms with Crippen LogP contribution in [0.2, 0.25) is 0 Å². The van der Waals surface area contributed by atoms with Gasteiger partial charge in [0.25, 0.3) is 0 Å². The number of allylic oxidation sites excluding steroid dienone is 6. The van der Waals surface area contributed by atoms with Gasteiger partial charge in [0.05, 0.1) is 13.2 Å². The van der Waals surface area contributed by atoms with Crippen LogP contribution in [0.1, 0.15) is 181 Å². The van der Waals surface area contributed by atoms with Crippen LogP contribution in [0.3, 0.4) is 0 Å². The largest absolute Gasteiger partial charge is 0.472 e. The Morgan fingerprint density at radius 2 is 1.02 bits per heavy atom. The first kappa shape index (κ1) is 51.2.